The molecule has 0 saturated carbocycles. The van der Waals surface area contributed by atoms with Gasteiger partial charge in [-0.3, -0.25) is 9.69 Å². The predicted molar refractivity (Wildman–Crippen MR) is 118 cm³/mol. The molecule has 29 heavy (non-hydrogen) atoms. The van der Waals surface area contributed by atoms with Crippen molar-refractivity contribution in [2.24, 2.45) is 5.41 Å². The molecule has 8 heteroatoms. The van der Waals surface area contributed by atoms with E-state index >= 15 is 0 Å². The van der Waals surface area contributed by atoms with E-state index in [0.717, 1.165) is 56.7 Å². The lowest BCUT2D eigenvalue weighted by Crippen LogP contribution is -2.39. The van der Waals surface area contributed by atoms with E-state index in [1.54, 1.807) is 0 Å². The van der Waals surface area contributed by atoms with Crippen LogP contribution in [0.1, 0.15) is 30.4 Å². The molecule has 2 aliphatic rings. The van der Waals surface area contributed by atoms with Gasteiger partial charge >= 0.3 is 5.97 Å². The topological polar surface area (TPSA) is 59.4 Å². The van der Waals surface area contributed by atoms with Crippen molar-refractivity contribution in [1.82, 2.24) is 20.0 Å². The van der Waals surface area contributed by atoms with Crippen molar-refractivity contribution in [3.05, 3.63) is 47.8 Å². The number of hydrogen-bond donors (Lipinski definition) is 1. The van der Waals surface area contributed by atoms with Crippen LogP contribution in [0.3, 0.4) is 0 Å². The molecule has 0 radical (unpaired) electrons. The second kappa shape index (κ2) is 9.94. The summed E-state index contributed by atoms with van der Waals surface area (Å²) in [6.45, 7) is 5.46. The van der Waals surface area contributed by atoms with E-state index in [-0.39, 0.29) is 42.3 Å². The van der Waals surface area contributed by atoms with Crippen molar-refractivity contribution in [3.8, 4) is 5.69 Å². The zero-order valence-corrected chi connectivity index (χ0v) is 18.6. The van der Waals surface area contributed by atoms with Crippen LogP contribution in [-0.4, -0.2) is 53.4 Å². The highest BCUT2D eigenvalue weighted by Gasteiger charge is 2.49. The number of esters is 1. The first-order valence-corrected chi connectivity index (χ1v) is 9.76. The van der Waals surface area contributed by atoms with Gasteiger partial charge in [0, 0.05) is 31.3 Å². The molecule has 0 bridgehead atoms. The van der Waals surface area contributed by atoms with Crippen LogP contribution < -0.4 is 5.32 Å². The van der Waals surface area contributed by atoms with E-state index < -0.39 is 0 Å². The standard InChI is InChI=1S/C21H28N4O2.2ClH/c1-16-5-3-4-6-19(16)25-14-17(12-23-25)13-24(2)15-18-11-21(20(26)27-18)7-9-22-10-8-21;;/h3-6,12,14,18,22H,7-11,13,15H2,1-2H3;2*1H. The summed E-state index contributed by atoms with van der Waals surface area (Å²) in [5.41, 5.74) is 3.21. The molecule has 6 nitrogen and oxygen atoms in total. The Balaban J connectivity index is 0.00000150. The lowest BCUT2D eigenvalue weighted by atomic mass is 9.76. The molecule has 1 atom stereocenters. The Labute approximate surface area is 184 Å². The highest BCUT2D eigenvalue weighted by molar-refractivity contribution is 5.85. The second-order valence-corrected chi connectivity index (χ2v) is 8.04. The number of piperidine rings is 1. The zero-order valence-electron chi connectivity index (χ0n) is 17.0. The van der Waals surface area contributed by atoms with E-state index in [0.29, 0.717) is 0 Å². The average Bonchev–Trinajstić information content (AvgIpc) is 3.21. The Morgan fingerprint density at radius 2 is 2.00 bits per heavy atom. The number of nitrogens with zero attached hydrogens (tertiary/aromatic N) is 3. The Kier molecular flexibility index (Phi) is 8.11. The van der Waals surface area contributed by atoms with Crippen LogP contribution in [0.5, 0.6) is 0 Å². The van der Waals surface area contributed by atoms with Gasteiger partial charge in [-0.15, -0.1) is 24.8 Å². The number of ether oxygens (including phenoxy) is 1. The molecular weight excluding hydrogens is 411 g/mol. The summed E-state index contributed by atoms with van der Waals surface area (Å²) in [5, 5.41) is 7.85. The predicted octanol–water partition coefficient (Wildman–Crippen LogP) is 3.14. The molecule has 2 fully saturated rings. The van der Waals surface area contributed by atoms with E-state index in [4.69, 9.17) is 4.74 Å². The molecule has 4 rings (SSSR count). The number of aryl methyl sites for hydroxylation is 1. The fourth-order valence-corrected chi connectivity index (χ4v) is 4.37. The molecule has 1 spiro atoms. The molecule has 2 saturated heterocycles. The molecular formula is C21H30Cl2N4O2. The van der Waals surface area contributed by atoms with Crippen molar-refractivity contribution in [3.63, 3.8) is 0 Å². The quantitative estimate of drug-likeness (QED) is 0.723. The highest BCUT2D eigenvalue weighted by atomic mass is 35.5. The van der Waals surface area contributed by atoms with E-state index in [1.807, 2.05) is 23.0 Å². The van der Waals surface area contributed by atoms with Gasteiger partial charge in [-0.05, 0) is 51.5 Å². The monoisotopic (exact) mass is 440 g/mol. The third kappa shape index (κ3) is 5.12. The van der Waals surface area contributed by atoms with E-state index in [1.165, 1.54) is 5.56 Å². The average molecular weight is 441 g/mol. The summed E-state index contributed by atoms with van der Waals surface area (Å²) in [4.78, 5) is 14.6. The number of rotatable bonds is 5. The summed E-state index contributed by atoms with van der Waals surface area (Å²) in [6.07, 6.45) is 6.63. The van der Waals surface area contributed by atoms with Crippen LogP contribution in [-0.2, 0) is 16.1 Å². The largest absolute Gasteiger partial charge is 0.461 e. The van der Waals surface area contributed by atoms with Gasteiger partial charge in [-0.2, -0.15) is 5.10 Å². The van der Waals surface area contributed by atoms with Crippen molar-refractivity contribution >= 4 is 30.8 Å². The number of para-hydroxylation sites is 1. The van der Waals surface area contributed by atoms with Crippen molar-refractivity contribution in [1.29, 1.82) is 0 Å². The number of cyclic esters (lactones) is 1. The zero-order chi connectivity index (χ0) is 18.9. The maximum absolute atomic E-state index is 12.4. The fraction of sp³-hybridized carbons (Fsp3) is 0.524. The van der Waals surface area contributed by atoms with Crippen LogP contribution in [0, 0.1) is 12.3 Å². The van der Waals surface area contributed by atoms with Crippen molar-refractivity contribution in [2.75, 3.05) is 26.7 Å². The molecule has 3 heterocycles. The smallest absolute Gasteiger partial charge is 0.312 e. The molecule has 0 amide bonds. The maximum Gasteiger partial charge on any atom is 0.312 e. The van der Waals surface area contributed by atoms with Crippen LogP contribution in [0.4, 0.5) is 0 Å². The third-order valence-electron chi connectivity index (χ3n) is 5.85. The number of carbonyl (C=O) groups is 1. The highest BCUT2D eigenvalue weighted by Crippen LogP contribution is 2.41. The van der Waals surface area contributed by atoms with E-state index in [9.17, 15) is 4.79 Å². The van der Waals surface area contributed by atoms with Gasteiger partial charge in [0.2, 0.25) is 0 Å². The molecule has 160 valence electrons. The van der Waals surface area contributed by atoms with Gasteiger partial charge in [-0.1, -0.05) is 18.2 Å². The molecule has 0 aliphatic carbocycles. The summed E-state index contributed by atoms with van der Waals surface area (Å²) in [6, 6.07) is 8.23. The summed E-state index contributed by atoms with van der Waals surface area (Å²) in [5.74, 6) is 0.00905. The van der Waals surface area contributed by atoms with Crippen LogP contribution in [0.15, 0.2) is 36.7 Å². The Morgan fingerprint density at radius 1 is 1.28 bits per heavy atom. The Morgan fingerprint density at radius 3 is 2.72 bits per heavy atom. The Bertz CT molecular complexity index is 821. The SMILES string of the molecule is Cc1ccccc1-n1cc(CN(C)CC2CC3(CCNCC3)C(=O)O2)cn1.Cl.Cl. The van der Waals surface area contributed by atoms with Gasteiger partial charge in [0.05, 0.1) is 17.3 Å². The molecule has 2 aromatic rings. The first-order valence-electron chi connectivity index (χ1n) is 9.76. The number of carbonyl (C=O) groups excluding carboxylic acids is 1. The molecule has 2 aliphatic heterocycles. The molecule has 1 aromatic carbocycles. The van der Waals surface area contributed by atoms with Gasteiger partial charge in [0.25, 0.3) is 0 Å². The number of nitrogens with one attached hydrogen (secondary N) is 1. The first-order chi connectivity index (χ1) is 13.1. The summed E-state index contributed by atoms with van der Waals surface area (Å²) >= 11 is 0. The number of likely N-dealkylation sites (N-methyl/N-ethyl adjacent to an activating group) is 1. The number of halogens is 2. The van der Waals surface area contributed by atoms with Crippen molar-refractivity contribution in [2.45, 2.75) is 38.8 Å². The normalized spacial score (nSPS) is 20.2. The lowest BCUT2D eigenvalue weighted by molar-refractivity contribution is -0.150. The summed E-state index contributed by atoms with van der Waals surface area (Å²) in [7, 11) is 2.08. The van der Waals surface area contributed by atoms with Crippen LogP contribution in [0.25, 0.3) is 5.69 Å². The molecule has 1 N–H and O–H groups in total. The van der Waals surface area contributed by atoms with Gasteiger partial charge in [0.15, 0.2) is 0 Å². The van der Waals surface area contributed by atoms with E-state index in [2.05, 4.69) is 47.6 Å². The minimum absolute atomic E-state index is 0. The van der Waals surface area contributed by atoms with Crippen molar-refractivity contribution < 1.29 is 9.53 Å². The second-order valence-electron chi connectivity index (χ2n) is 8.04. The van der Waals surface area contributed by atoms with Gasteiger partial charge < -0.3 is 10.1 Å². The number of hydrogen-bond acceptors (Lipinski definition) is 5. The summed E-state index contributed by atoms with van der Waals surface area (Å²) < 4.78 is 7.65. The fourth-order valence-electron chi connectivity index (χ4n) is 4.37. The molecule has 1 aromatic heterocycles. The third-order valence-corrected chi connectivity index (χ3v) is 5.85. The number of aromatic nitrogens is 2. The van der Waals surface area contributed by atoms with Gasteiger partial charge in [0.1, 0.15) is 6.10 Å². The van der Waals surface area contributed by atoms with Gasteiger partial charge in [-0.25, -0.2) is 4.68 Å². The Hall–Kier alpha value is -1.60. The minimum atomic E-state index is -0.244. The lowest BCUT2D eigenvalue weighted by Gasteiger charge is -2.29. The minimum Gasteiger partial charge on any atom is -0.461 e. The van der Waals surface area contributed by atoms with Crippen LogP contribution in [0.2, 0.25) is 0 Å². The maximum atomic E-state index is 12.4. The number of benzene rings is 1. The first kappa shape index (κ1) is 23.7. The van der Waals surface area contributed by atoms with Crippen LogP contribution >= 0.6 is 24.8 Å². The molecule has 1 unspecified atom stereocenters.